The first-order valence-electron chi connectivity index (χ1n) is 13.7. The van der Waals surface area contributed by atoms with Crippen molar-refractivity contribution in [3.05, 3.63) is 12.2 Å². The Morgan fingerprint density at radius 3 is 2.66 bits per heavy atom. The Bertz CT molecular complexity index is 822. The maximum atomic E-state index is 13.3. The Hall–Kier alpha value is -1.44. The zero-order valence-corrected chi connectivity index (χ0v) is 21.8. The minimum Gasteiger partial charge on any atom is -0.458 e. The Morgan fingerprint density at radius 2 is 1.94 bits per heavy atom. The molecule has 0 spiro atoms. The van der Waals surface area contributed by atoms with Crippen LogP contribution in [0.3, 0.4) is 0 Å². The fraction of sp³-hybridized carbons (Fsp3) is 0.857. The van der Waals surface area contributed by atoms with Crippen LogP contribution in [0.4, 0.5) is 0 Å². The van der Waals surface area contributed by atoms with Crippen LogP contribution < -0.4 is 0 Å². The molecule has 2 bridgehead atoms. The van der Waals surface area contributed by atoms with E-state index < -0.39 is 29.5 Å². The van der Waals surface area contributed by atoms with Crippen molar-refractivity contribution in [3.8, 4) is 0 Å². The average Bonchev–Trinajstić information content (AvgIpc) is 3.16. The molecule has 7 nitrogen and oxygen atoms in total. The number of hydrogen-bond acceptors (Lipinski definition) is 7. The SMILES string of the molecule is C=C1C[C@@H]2O[C@@H]3[C@H]4[C@@H](CC[C@@](C)(O)[C@H]42)[C@@H](C)C(=O)O[C@@]3(C)[C@H](OC(=O)CCCCCCC)C[C@@H]1O. The van der Waals surface area contributed by atoms with Crippen molar-refractivity contribution in [2.45, 2.75) is 128 Å². The molecule has 2 N–H and O–H groups in total. The summed E-state index contributed by atoms with van der Waals surface area (Å²) in [6.07, 6.45) is 4.46. The third-order valence-corrected chi connectivity index (χ3v) is 9.35. The number of ether oxygens (including phenoxy) is 3. The molecule has 3 aliphatic heterocycles. The fourth-order valence-corrected chi connectivity index (χ4v) is 7.24. The van der Waals surface area contributed by atoms with Gasteiger partial charge in [0.15, 0.2) is 5.60 Å². The second-order valence-corrected chi connectivity index (χ2v) is 11.9. The molecule has 198 valence electrons. The molecule has 4 rings (SSSR count). The predicted octanol–water partition coefficient (Wildman–Crippen LogP) is 4.08. The van der Waals surface area contributed by atoms with E-state index in [0.29, 0.717) is 24.8 Å². The lowest BCUT2D eigenvalue weighted by Gasteiger charge is -2.47. The molecule has 3 heterocycles. The normalized spacial score (nSPS) is 45.1. The number of esters is 2. The molecule has 0 aromatic carbocycles. The number of carbonyl (C=O) groups excluding carboxylic acids is 2. The summed E-state index contributed by atoms with van der Waals surface area (Å²) in [5, 5.41) is 22.4. The summed E-state index contributed by atoms with van der Waals surface area (Å²) in [6, 6.07) is 0. The molecule has 10 atom stereocenters. The molecule has 4 aliphatic rings. The van der Waals surface area contributed by atoms with Gasteiger partial charge in [-0.1, -0.05) is 46.1 Å². The first-order chi connectivity index (χ1) is 16.5. The molecule has 35 heavy (non-hydrogen) atoms. The van der Waals surface area contributed by atoms with Gasteiger partial charge in [0.2, 0.25) is 0 Å². The van der Waals surface area contributed by atoms with Gasteiger partial charge in [-0.3, -0.25) is 9.59 Å². The zero-order chi connectivity index (χ0) is 25.5. The Balaban J connectivity index is 1.67. The van der Waals surface area contributed by atoms with Gasteiger partial charge in [-0.2, -0.15) is 0 Å². The van der Waals surface area contributed by atoms with Crippen LogP contribution in [-0.4, -0.2) is 57.8 Å². The van der Waals surface area contributed by atoms with Crippen molar-refractivity contribution in [3.63, 3.8) is 0 Å². The van der Waals surface area contributed by atoms with Gasteiger partial charge in [-0.15, -0.1) is 0 Å². The molecule has 1 aliphatic carbocycles. The van der Waals surface area contributed by atoms with Gasteiger partial charge >= 0.3 is 11.9 Å². The van der Waals surface area contributed by atoms with Crippen molar-refractivity contribution in [2.75, 3.05) is 0 Å². The molecule has 0 aromatic heterocycles. The van der Waals surface area contributed by atoms with Crippen LogP contribution in [0.5, 0.6) is 0 Å². The second-order valence-electron chi connectivity index (χ2n) is 11.9. The average molecular weight is 493 g/mol. The van der Waals surface area contributed by atoms with Crippen LogP contribution in [-0.2, 0) is 23.8 Å². The van der Waals surface area contributed by atoms with E-state index in [-0.39, 0.29) is 54.6 Å². The summed E-state index contributed by atoms with van der Waals surface area (Å²) in [6.45, 7) is 11.8. The van der Waals surface area contributed by atoms with E-state index in [4.69, 9.17) is 14.2 Å². The minimum absolute atomic E-state index is 0.0112. The standard InChI is InChI=1S/C28H44O7/c1-6-7-8-9-10-11-22(30)34-21-15-19(29)16(2)14-20-24-23-18(12-13-27(24,4)32)17(3)26(31)35-28(21,5)25(23)33-20/h17-21,23-25,29,32H,2,6-15H2,1,3-5H3/t17-,18+,19+,20+,21-,23+,24+,25-,27-,28+/m1/s1. The van der Waals surface area contributed by atoms with E-state index in [0.717, 1.165) is 32.1 Å². The highest BCUT2D eigenvalue weighted by molar-refractivity contribution is 5.74. The van der Waals surface area contributed by atoms with Crippen molar-refractivity contribution in [1.29, 1.82) is 0 Å². The Morgan fingerprint density at radius 1 is 1.23 bits per heavy atom. The second kappa shape index (κ2) is 10.1. The van der Waals surface area contributed by atoms with E-state index in [2.05, 4.69) is 13.5 Å². The van der Waals surface area contributed by atoms with E-state index in [1.807, 2.05) is 13.8 Å². The van der Waals surface area contributed by atoms with Crippen molar-refractivity contribution < 1.29 is 34.0 Å². The van der Waals surface area contributed by atoms with Gasteiger partial charge in [0, 0.05) is 24.7 Å². The maximum absolute atomic E-state index is 13.3. The lowest BCUT2D eigenvalue weighted by molar-refractivity contribution is -0.209. The highest BCUT2D eigenvalue weighted by Gasteiger charge is 2.67. The number of carbonyl (C=O) groups is 2. The van der Waals surface area contributed by atoms with Crippen LogP contribution in [0, 0.1) is 23.7 Å². The number of fused-ring (bicyclic) bond motifs is 2. The Labute approximate surface area is 209 Å². The third kappa shape index (κ3) is 4.93. The van der Waals surface area contributed by atoms with Crippen molar-refractivity contribution in [1.82, 2.24) is 0 Å². The van der Waals surface area contributed by atoms with Crippen LogP contribution in [0.1, 0.15) is 91.9 Å². The monoisotopic (exact) mass is 492 g/mol. The van der Waals surface area contributed by atoms with E-state index in [1.54, 1.807) is 6.92 Å². The van der Waals surface area contributed by atoms with Crippen molar-refractivity contribution >= 4 is 11.9 Å². The molecule has 3 saturated heterocycles. The topological polar surface area (TPSA) is 102 Å². The summed E-state index contributed by atoms with van der Waals surface area (Å²) in [5.41, 5.74) is -1.64. The third-order valence-electron chi connectivity index (χ3n) is 9.35. The molecule has 7 heteroatoms. The molecule has 1 saturated carbocycles. The number of aliphatic hydroxyl groups is 2. The molecule has 0 unspecified atom stereocenters. The minimum atomic E-state index is -1.27. The fourth-order valence-electron chi connectivity index (χ4n) is 7.24. The maximum Gasteiger partial charge on any atom is 0.309 e. The lowest BCUT2D eigenvalue weighted by atomic mass is 9.58. The van der Waals surface area contributed by atoms with Crippen LogP contribution in [0.15, 0.2) is 12.2 Å². The van der Waals surface area contributed by atoms with E-state index in [9.17, 15) is 19.8 Å². The number of unbranched alkanes of at least 4 members (excludes halogenated alkanes) is 4. The predicted molar refractivity (Wildman–Crippen MR) is 130 cm³/mol. The molecule has 4 fully saturated rings. The molecular formula is C28H44O7. The summed E-state index contributed by atoms with van der Waals surface area (Å²) in [4.78, 5) is 26.2. The smallest absolute Gasteiger partial charge is 0.309 e. The molecule has 0 amide bonds. The highest BCUT2D eigenvalue weighted by atomic mass is 16.6. The summed E-state index contributed by atoms with van der Waals surface area (Å²) in [5.74, 6) is -1.36. The van der Waals surface area contributed by atoms with Crippen molar-refractivity contribution in [2.24, 2.45) is 23.7 Å². The van der Waals surface area contributed by atoms with Gasteiger partial charge in [-0.05, 0) is 51.0 Å². The summed E-state index contributed by atoms with van der Waals surface area (Å²) < 4.78 is 18.8. The van der Waals surface area contributed by atoms with Crippen LogP contribution in [0.2, 0.25) is 0 Å². The first kappa shape index (κ1) is 26.6. The first-order valence-corrected chi connectivity index (χ1v) is 13.7. The molecule has 0 radical (unpaired) electrons. The van der Waals surface area contributed by atoms with E-state index in [1.165, 1.54) is 0 Å². The van der Waals surface area contributed by atoms with Gasteiger partial charge in [0.1, 0.15) is 12.2 Å². The largest absolute Gasteiger partial charge is 0.458 e. The summed E-state index contributed by atoms with van der Waals surface area (Å²) >= 11 is 0. The highest BCUT2D eigenvalue weighted by Crippen LogP contribution is 2.59. The number of aliphatic hydroxyl groups excluding tert-OH is 1. The molecular weight excluding hydrogens is 448 g/mol. The zero-order valence-electron chi connectivity index (χ0n) is 21.8. The Kier molecular flexibility index (Phi) is 7.71. The van der Waals surface area contributed by atoms with Crippen LogP contribution >= 0.6 is 0 Å². The number of rotatable bonds is 7. The van der Waals surface area contributed by atoms with E-state index >= 15 is 0 Å². The van der Waals surface area contributed by atoms with Gasteiger partial charge in [-0.25, -0.2) is 0 Å². The molecule has 0 aromatic rings. The number of hydrogen-bond donors (Lipinski definition) is 2. The summed E-state index contributed by atoms with van der Waals surface area (Å²) in [7, 11) is 0. The van der Waals surface area contributed by atoms with Gasteiger partial charge in [0.25, 0.3) is 0 Å². The quantitative estimate of drug-likeness (QED) is 0.314. The van der Waals surface area contributed by atoms with Gasteiger partial charge < -0.3 is 24.4 Å². The lowest BCUT2D eigenvalue weighted by Crippen LogP contribution is -2.58. The van der Waals surface area contributed by atoms with Crippen LogP contribution in [0.25, 0.3) is 0 Å². The van der Waals surface area contributed by atoms with Gasteiger partial charge in [0.05, 0.1) is 23.7 Å².